The average molecular weight is 591 g/mol. The highest BCUT2D eigenvalue weighted by molar-refractivity contribution is 7.80. The van der Waals surface area contributed by atoms with Gasteiger partial charge >= 0.3 is 0 Å². The van der Waals surface area contributed by atoms with Gasteiger partial charge in [-0.15, -0.1) is 0 Å². The number of anilines is 3. The van der Waals surface area contributed by atoms with E-state index in [4.69, 9.17) is 38.5 Å². The van der Waals surface area contributed by atoms with Crippen LogP contribution in [0.1, 0.15) is 49.3 Å². The van der Waals surface area contributed by atoms with Gasteiger partial charge in [-0.2, -0.15) is 9.97 Å². The molecule has 3 aliphatic rings. The second-order valence-corrected chi connectivity index (χ2v) is 12.6. The summed E-state index contributed by atoms with van der Waals surface area (Å²) in [6.07, 6.45) is 5.17. The fourth-order valence-corrected chi connectivity index (χ4v) is 6.63. The van der Waals surface area contributed by atoms with Gasteiger partial charge in [-0.25, -0.2) is 0 Å². The van der Waals surface area contributed by atoms with Crippen LogP contribution in [0.2, 0.25) is 5.02 Å². The standard InChI is InChI=1S/C32H39ClN6OS/c1-23-9-14-38(15-10-23)28-20-29(39-16-11-24-5-2-3-6-25(24)21-39)36-30(35-28)37-31(41)34-22-32(12-17-40-18-13-32)26-7-4-8-27(33)19-26/h2-8,19-20,23H,9-18,21-22H2,1H3,(H2,34,35,36,37,41). The molecule has 2 N–H and O–H groups in total. The van der Waals surface area contributed by atoms with Gasteiger partial charge in [0.2, 0.25) is 5.95 Å². The molecule has 7 nitrogen and oxygen atoms in total. The largest absolute Gasteiger partial charge is 0.381 e. The first-order chi connectivity index (χ1) is 20.0. The van der Waals surface area contributed by atoms with Crippen LogP contribution in [0.25, 0.3) is 0 Å². The number of hydrogen-bond acceptors (Lipinski definition) is 6. The molecule has 2 aromatic carbocycles. The van der Waals surface area contributed by atoms with E-state index in [2.05, 4.69) is 69.8 Å². The first kappa shape index (κ1) is 28.2. The Labute approximate surface area is 253 Å². The van der Waals surface area contributed by atoms with E-state index >= 15 is 0 Å². The highest BCUT2D eigenvalue weighted by atomic mass is 35.5. The van der Waals surface area contributed by atoms with Gasteiger partial charge in [0.25, 0.3) is 0 Å². The Balaban J connectivity index is 1.21. The fourth-order valence-electron chi connectivity index (χ4n) is 6.27. The highest BCUT2D eigenvalue weighted by Crippen LogP contribution is 2.35. The van der Waals surface area contributed by atoms with Crippen molar-refractivity contribution in [1.29, 1.82) is 0 Å². The van der Waals surface area contributed by atoms with Gasteiger partial charge in [-0.05, 0) is 79.1 Å². The zero-order valence-electron chi connectivity index (χ0n) is 23.7. The second kappa shape index (κ2) is 12.5. The summed E-state index contributed by atoms with van der Waals surface area (Å²) >= 11 is 12.2. The Kier molecular flexibility index (Phi) is 8.60. The third-order valence-electron chi connectivity index (χ3n) is 8.96. The summed E-state index contributed by atoms with van der Waals surface area (Å²) in [5.41, 5.74) is 3.90. The minimum absolute atomic E-state index is 0.103. The van der Waals surface area contributed by atoms with Gasteiger partial charge in [0.05, 0.1) is 0 Å². The summed E-state index contributed by atoms with van der Waals surface area (Å²) in [5.74, 6) is 3.19. The molecule has 0 unspecified atom stereocenters. The lowest BCUT2D eigenvalue weighted by Crippen LogP contribution is -2.45. The van der Waals surface area contributed by atoms with Crippen molar-refractivity contribution in [1.82, 2.24) is 15.3 Å². The fraction of sp³-hybridized carbons (Fsp3) is 0.469. The molecule has 0 radical (unpaired) electrons. The van der Waals surface area contributed by atoms with Crippen molar-refractivity contribution in [3.63, 3.8) is 0 Å². The Morgan fingerprint density at radius 2 is 1.71 bits per heavy atom. The molecule has 1 aromatic heterocycles. The maximum Gasteiger partial charge on any atom is 0.232 e. The van der Waals surface area contributed by atoms with Crippen LogP contribution in [0.4, 0.5) is 17.6 Å². The number of rotatable bonds is 6. The van der Waals surface area contributed by atoms with E-state index in [1.54, 1.807) is 0 Å². The number of nitrogens with zero attached hydrogens (tertiary/aromatic N) is 4. The zero-order valence-corrected chi connectivity index (χ0v) is 25.3. The van der Waals surface area contributed by atoms with Gasteiger partial charge in [-0.1, -0.05) is 54.9 Å². The number of ether oxygens (including phenoxy) is 1. The van der Waals surface area contributed by atoms with Crippen molar-refractivity contribution in [2.24, 2.45) is 5.92 Å². The first-order valence-corrected chi connectivity index (χ1v) is 15.6. The monoisotopic (exact) mass is 590 g/mol. The third kappa shape index (κ3) is 6.60. The lowest BCUT2D eigenvalue weighted by molar-refractivity contribution is 0.0515. The van der Waals surface area contributed by atoms with Crippen molar-refractivity contribution in [2.45, 2.75) is 51.0 Å². The predicted octanol–water partition coefficient (Wildman–Crippen LogP) is 5.96. The molecule has 6 rings (SSSR count). The Hall–Kier alpha value is -2.94. The van der Waals surface area contributed by atoms with Gasteiger partial charge in [0.1, 0.15) is 11.6 Å². The molecular weight excluding hydrogens is 552 g/mol. The molecule has 0 spiro atoms. The van der Waals surface area contributed by atoms with Crippen LogP contribution in [0, 0.1) is 5.92 Å². The van der Waals surface area contributed by atoms with Crippen LogP contribution >= 0.6 is 23.8 Å². The predicted molar refractivity (Wildman–Crippen MR) is 171 cm³/mol. The van der Waals surface area contributed by atoms with Crippen molar-refractivity contribution < 1.29 is 4.74 Å². The summed E-state index contributed by atoms with van der Waals surface area (Å²) in [4.78, 5) is 14.7. The molecule has 0 bridgehead atoms. The van der Waals surface area contributed by atoms with Gasteiger partial charge in [0, 0.05) is 62.4 Å². The third-order valence-corrected chi connectivity index (χ3v) is 9.44. The highest BCUT2D eigenvalue weighted by Gasteiger charge is 2.35. The number of nitrogens with one attached hydrogen (secondary N) is 2. The Bertz CT molecular complexity index is 1370. The Morgan fingerprint density at radius 1 is 0.976 bits per heavy atom. The SMILES string of the molecule is CC1CCN(c2cc(N3CCc4ccccc4C3)nc(NC(=S)NCC3(c4cccc(Cl)c4)CCOCC3)n2)CC1. The second-order valence-electron chi connectivity index (χ2n) is 11.7. The molecule has 2 saturated heterocycles. The average Bonchev–Trinajstić information content (AvgIpc) is 3.00. The van der Waals surface area contributed by atoms with E-state index in [-0.39, 0.29) is 5.41 Å². The van der Waals surface area contributed by atoms with Gasteiger partial charge < -0.3 is 25.2 Å². The molecule has 3 aromatic rings. The first-order valence-electron chi connectivity index (χ1n) is 14.8. The lowest BCUT2D eigenvalue weighted by atomic mass is 9.74. The maximum atomic E-state index is 6.38. The van der Waals surface area contributed by atoms with Crippen LogP contribution < -0.4 is 20.4 Å². The zero-order chi connectivity index (χ0) is 28.2. The van der Waals surface area contributed by atoms with E-state index < -0.39 is 0 Å². The molecule has 0 saturated carbocycles. The lowest BCUT2D eigenvalue weighted by Gasteiger charge is -2.38. The molecule has 9 heteroatoms. The summed E-state index contributed by atoms with van der Waals surface area (Å²) in [7, 11) is 0. The van der Waals surface area contributed by atoms with Gasteiger partial charge in [0.15, 0.2) is 5.11 Å². The maximum absolute atomic E-state index is 6.38. The van der Waals surface area contributed by atoms with E-state index in [0.29, 0.717) is 17.6 Å². The number of halogens is 1. The van der Waals surface area contributed by atoms with Crippen molar-refractivity contribution in [3.8, 4) is 0 Å². The number of aromatic nitrogens is 2. The van der Waals surface area contributed by atoms with Crippen LogP contribution in [0.15, 0.2) is 54.6 Å². The van der Waals surface area contributed by atoms with Crippen LogP contribution in [0.3, 0.4) is 0 Å². The molecule has 2 fully saturated rings. The number of fused-ring (bicyclic) bond motifs is 1. The topological polar surface area (TPSA) is 65.5 Å². The summed E-state index contributed by atoms with van der Waals surface area (Å²) < 4.78 is 5.71. The number of benzene rings is 2. The van der Waals surface area contributed by atoms with E-state index in [9.17, 15) is 0 Å². The van der Waals surface area contributed by atoms with Crippen LogP contribution in [-0.4, -0.2) is 54.5 Å². The summed E-state index contributed by atoms with van der Waals surface area (Å²) in [5, 5.41) is 8.10. The van der Waals surface area contributed by atoms with Crippen molar-refractivity contribution in [2.75, 3.05) is 54.5 Å². The molecule has 41 heavy (non-hydrogen) atoms. The molecule has 0 amide bonds. The normalized spacial score (nSPS) is 19.0. The van der Waals surface area contributed by atoms with Crippen LogP contribution in [0.5, 0.6) is 0 Å². The molecule has 3 aliphatic heterocycles. The number of thiocarbonyl (C=S) groups is 1. The van der Waals surface area contributed by atoms with Crippen molar-refractivity contribution in [3.05, 3.63) is 76.3 Å². The van der Waals surface area contributed by atoms with E-state index in [1.165, 1.54) is 29.5 Å². The number of piperidine rings is 1. The Morgan fingerprint density at radius 3 is 2.46 bits per heavy atom. The smallest absolute Gasteiger partial charge is 0.232 e. The molecular formula is C32H39ClN6OS. The van der Waals surface area contributed by atoms with E-state index in [0.717, 1.165) is 81.2 Å². The minimum atomic E-state index is -0.103. The number of hydrogen-bond donors (Lipinski definition) is 2. The van der Waals surface area contributed by atoms with Crippen molar-refractivity contribution >= 4 is 46.5 Å². The minimum Gasteiger partial charge on any atom is -0.381 e. The molecule has 4 heterocycles. The molecule has 0 atom stereocenters. The summed E-state index contributed by atoms with van der Waals surface area (Å²) in [6, 6.07) is 19.0. The van der Waals surface area contributed by atoms with E-state index in [1.807, 2.05) is 12.1 Å². The quantitative estimate of drug-likeness (QED) is 0.341. The molecule has 216 valence electrons. The summed E-state index contributed by atoms with van der Waals surface area (Å²) in [6.45, 7) is 8.24. The van der Waals surface area contributed by atoms with Crippen LogP contribution in [-0.2, 0) is 23.1 Å². The van der Waals surface area contributed by atoms with Gasteiger partial charge in [-0.3, -0.25) is 0 Å². The molecule has 0 aliphatic carbocycles.